The van der Waals surface area contributed by atoms with E-state index in [0.29, 0.717) is 0 Å². The molecular weight excluding hydrogens is 413 g/mol. The van der Waals surface area contributed by atoms with Crippen LogP contribution in [0.15, 0.2) is 41.3 Å². The van der Waals surface area contributed by atoms with Crippen LogP contribution in [0.2, 0.25) is 0 Å². The topological polar surface area (TPSA) is 127 Å². The highest BCUT2D eigenvalue weighted by molar-refractivity contribution is 7.90. The van der Waals surface area contributed by atoms with Crippen molar-refractivity contribution < 1.29 is 36.3 Å². The largest absolute Gasteiger partial charge is 0.426 e. The number of benzene rings is 2. The molecule has 1 unspecified atom stereocenters. The highest BCUT2D eigenvalue weighted by Crippen LogP contribution is 2.36. The second-order valence-corrected chi connectivity index (χ2v) is 8.67. The van der Waals surface area contributed by atoms with Crippen LogP contribution in [-0.2, 0) is 20.4 Å². The first kappa shape index (κ1) is 20.8. The molecule has 0 fully saturated rings. The first-order chi connectivity index (χ1) is 13.3. The van der Waals surface area contributed by atoms with E-state index in [1.165, 1.54) is 24.3 Å². The van der Waals surface area contributed by atoms with Gasteiger partial charge in [-0.05, 0) is 42.8 Å². The molecule has 0 saturated heterocycles. The van der Waals surface area contributed by atoms with Crippen LogP contribution in [0.4, 0.5) is 24.5 Å². The number of nitrogens with two attached hydrogens (primary N) is 1. The molecule has 0 radical (unpaired) electrons. The van der Waals surface area contributed by atoms with Crippen molar-refractivity contribution in [1.82, 2.24) is 0 Å². The van der Waals surface area contributed by atoms with Crippen molar-refractivity contribution in [1.29, 1.82) is 0 Å². The zero-order chi connectivity index (χ0) is 21.8. The van der Waals surface area contributed by atoms with Crippen molar-refractivity contribution >= 4 is 32.9 Å². The summed E-state index contributed by atoms with van der Waals surface area (Å²) in [5, 5.41) is 11.4. The molecule has 0 aliphatic carbocycles. The summed E-state index contributed by atoms with van der Waals surface area (Å²) in [7, 11) is -4.08. The molecule has 1 heterocycles. The average Bonchev–Trinajstić information content (AvgIpc) is 2.67. The van der Waals surface area contributed by atoms with Gasteiger partial charge in [-0.2, -0.15) is 13.2 Å². The molecule has 11 heteroatoms. The van der Waals surface area contributed by atoms with Crippen LogP contribution >= 0.6 is 0 Å². The third-order valence-electron chi connectivity index (χ3n) is 4.55. The molecule has 0 aromatic heterocycles. The van der Waals surface area contributed by atoms with E-state index in [1.807, 2.05) is 5.32 Å². The van der Waals surface area contributed by atoms with Gasteiger partial charge >= 0.3 is 6.18 Å². The van der Waals surface area contributed by atoms with Crippen LogP contribution in [0.25, 0.3) is 0 Å². The minimum atomic E-state index is -5.29. The van der Waals surface area contributed by atoms with E-state index >= 15 is 0 Å². The van der Waals surface area contributed by atoms with E-state index in [2.05, 4.69) is 0 Å². The van der Waals surface area contributed by atoms with Gasteiger partial charge in [0.25, 0.3) is 5.91 Å². The monoisotopic (exact) mass is 428 g/mol. The van der Waals surface area contributed by atoms with Gasteiger partial charge in [0.15, 0.2) is 15.6 Å². The Balaban J connectivity index is 2.18. The van der Waals surface area contributed by atoms with E-state index in [-0.39, 0.29) is 23.7 Å². The van der Waals surface area contributed by atoms with Crippen molar-refractivity contribution in [2.45, 2.75) is 29.3 Å². The number of hydrogen-bond donors (Lipinski definition) is 3. The number of hydrogen-bond acceptors (Lipinski definition) is 6. The van der Waals surface area contributed by atoms with Gasteiger partial charge in [-0.1, -0.05) is 6.07 Å². The Labute approximate surface area is 163 Å². The number of anilines is 2. The number of carbonyl (C=O) groups excluding carboxylic acids is 2. The Morgan fingerprint density at radius 1 is 1.21 bits per heavy atom. The fourth-order valence-corrected chi connectivity index (χ4v) is 4.48. The quantitative estimate of drug-likeness (QED) is 0.629. The highest BCUT2D eigenvalue weighted by Gasteiger charge is 2.56. The molecule has 2 aromatic rings. The lowest BCUT2D eigenvalue weighted by Crippen LogP contribution is -2.52. The van der Waals surface area contributed by atoms with Crippen molar-refractivity contribution in [3.63, 3.8) is 0 Å². The summed E-state index contributed by atoms with van der Waals surface area (Å²) >= 11 is 0. The Morgan fingerprint density at radius 2 is 1.86 bits per heavy atom. The number of aliphatic hydroxyl groups is 1. The van der Waals surface area contributed by atoms with Crippen LogP contribution in [0, 0.1) is 0 Å². The summed E-state index contributed by atoms with van der Waals surface area (Å²) in [5.74, 6) is -3.21. The van der Waals surface area contributed by atoms with Gasteiger partial charge in [0.05, 0.1) is 21.9 Å². The fourth-order valence-electron chi connectivity index (χ4n) is 2.87. The number of sulfone groups is 1. The number of alkyl halides is 3. The number of nitrogen functional groups attached to an aromatic ring is 1. The molecule has 0 bridgehead atoms. The maximum absolute atomic E-state index is 13.0. The third kappa shape index (κ3) is 3.47. The molecule has 29 heavy (non-hydrogen) atoms. The molecule has 1 amide bonds. The highest BCUT2D eigenvalue weighted by atomic mass is 32.2. The number of halogens is 3. The predicted octanol–water partition coefficient (Wildman–Crippen LogP) is 2.04. The zero-order valence-corrected chi connectivity index (χ0v) is 15.7. The standard InChI is InChI=1S/C18H15F3N2O5S/c1-17(26,18(19,20)21)16(25)23-12-3-2-4-13-14(12)15(24)11-6-5-10(22)7-9(11)8-29(13,27)28/h2-7,26H,8,22H2,1H3,(H,23,25). The molecule has 154 valence electrons. The average molecular weight is 428 g/mol. The maximum atomic E-state index is 13.0. The van der Waals surface area contributed by atoms with Crippen LogP contribution in [0.5, 0.6) is 0 Å². The predicted molar refractivity (Wildman–Crippen MR) is 96.9 cm³/mol. The van der Waals surface area contributed by atoms with Crippen LogP contribution in [0.1, 0.15) is 28.4 Å². The summed E-state index contributed by atoms with van der Waals surface area (Å²) in [6, 6.07) is 7.38. The molecule has 2 aromatic carbocycles. The van der Waals surface area contributed by atoms with E-state index in [9.17, 15) is 36.3 Å². The lowest BCUT2D eigenvalue weighted by molar-refractivity contribution is -0.242. The molecule has 7 nitrogen and oxygen atoms in total. The van der Waals surface area contributed by atoms with Gasteiger partial charge in [-0.3, -0.25) is 9.59 Å². The number of amides is 1. The molecule has 3 rings (SSSR count). The Morgan fingerprint density at radius 3 is 2.48 bits per heavy atom. The van der Waals surface area contributed by atoms with Crippen molar-refractivity contribution in [2.75, 3.05) is 11.1 Å². The summed E-state index contributed by atoms with van der Waals surface area (Å²) in [6.07, 6.45) is -5.29. The molecule has 1 atom stereocenters. The van der Waals surface area contributed by atoms with E-state index < -0.39 is 55.2 Å². The number of rotatable bonds is 2. The van der Waals surface area contributed by atoms with E-state index in [1.54, 1.807) is 0 Å². The van der Waals surface area contributed by atoms with Gasteiger partial charge in [0, 0.05) is 11.3 Å². The van der Waals surface area contributed by atoms with E-state index in [4.69, 9.17) is 5.73 Å². The van der Waals surface area contributed by atoms with Gasteiger partial charge in [0.1, 0.15) is 0 Å². The van der Waals surface area contributed by atoms with Crippen LogP contribution < -0.4 is 11.1 Å². The van der Waals surface area contributed by atoms with Crippen LogP contribution in [-0.4, -0.2) is 37.0 Å². The van der Waals surface area contributed by atoms with Gasteiger partial charge in [0.2, 0.25) is 5.60 Å². The Bertz CT molecular complexity index is 1140. The number of nitrogens with one attached hydrogen (secondary N) is 1. The van der Waals surface area contributed by atoms with Crippen molar-refractivity contribution in [3.8, 4) is 0 Å². The Hall–Kier alpha value is -2.92. The summed E-state index contributed by atoms with van der Waals surface area (Å²) in [4.78, 5) is 24.6. The zero-order valence-electron chi connectivity index (χ0n) is 14.9. The SMILES string of the molecule is CC(O)(C(=O)Nc1cccc2c1C(=O)c1ccc(N)cc1CS2(=O)=O)C(F)(F)F. The molecular formula is C18H15F3N2O5S. The summed E-state index contributed by atoms with van der Waals surface area (Å²) < 4.78 is 64.4. The minimum Gasteiger partial charge on any atom is -0.399 e. The number of ketones is 1. The summed E-state index contributed by atoms with van der Waals surface area (Å²) in [6.45, 7) is 0.251. The second-order valence-electron chi connectivity index (χ2n) is 6.71. The van der Waals surface area contributed by atoms with Crippen LogP contribution in [0.3, 0.4) is 0 Å². The fraction of sp³-hybridized carbons (Fsp3) is 0.222. The summed E-state index contributed by atoms with van der Waals surface area (Å²) in [5.41, 5.74) is 1.31. The minimum absolute atomic E-state index is 0.00851. The number of fused-ring (bicyclic) bond motifs is 2. The van der Waals surface area contributed by atoms with Gasteiger partial charge in [-0.15, -0.1) is 0 Å². The van der Waals surface area contributed by atoms with Crippen molar-refractivity contribution in [2.24, 2.45) is 0 Å². The first-order valence-electron chi connectivity index (χ1n) is 8.15. The van der Waals surface area contributed by atoms with Crippen molar-refractivity contribution in [3.05, 3.63) is 53.1 Å². The normalized spacial score (nSPS) is 17.5. The van der Waals surface area contributed by atoms with Gasteiger partial charge < -0.3 is 16.2 Å². The second kappa shape index (κ2) is 6.56. The smallest absolute Gasteiger partial charge is 0.399 e. The van der Waals surface area contributed by atoms with E-state index in [0.717, 1.165) is 12.1 Å². The molecule has 0 saturated carbocycles. The lowest BCUT2D eigenvalue weighted by Gasteiger charge is -2.25. The molecule has 4 N–H and O–H groups in total. The third-order valence-corrected chi connectivity index (χ3v) is 6.25. The first-order valence-corrected chi connectivity index (χ1v) is 9.80. The van der Waals surface area contributed by atoms with Gasteiger partial charge in [-0.25, -0.2) is 8.42 Å². The Kier molecular flexibility index (Phi) is 4.71. The lowest BCUT2D eigenvalue weighted by atomic mass is 9.97. The molecule has 1 aliphatic heterocycles. The molecule has 0 spiro atoms. The maximum Gasteiger partial charge on any atom is 0.426 e. The number of carbonyl (C=O) groups is 2. The molecule has 1 aliphatic rings.